The van der Waals surface area contributed by atoms with Crippen LogP contribution < -0.4 is 0 Å². The molecule has 0 aromatic carbocycles. The first-order valence-corrected chi connectivity index (χ1v) is 5.93. The van der Waals surface area contributed by atoms with Gasteiger partial charge in [0.15, 0.2) is 0 Å². The van der Waals surface area contributed by atoms with E-state index in [4.69, 9.17) is 0 Å². The van der Waals surface area contributed by atoms with Crippen molar-refractivity contribution in [1.82, 2.24) is 9.88 Å². The lowest BCUT2D eigenvalue weighted by Crippen LogP contribution is -2.34. The summed E-state index contributed by atoms with van der Waals surface area (Å²) >= 11 is 3.44. The molecule has 1 fully saturated rings. The van der Waals surface area contributed by atoms with Crippen LogP contribution in [0, 0.1) is 0 Å². The zero-order chi connectivity index (χ0) is 10.7. The first-order chi connectivity index (χ1) is 7.27. The number of hydrogen-bond donors (Lipinski definition) is 0. The van der Waals surface area contributed by atoms with E-state index in [2.05, 4.69) is 20.9 Å². The van der Waals surface area contributed by atoms with Crippen LogP contribution in [0.5, 0.6) is 0 Å². The summed E-state index contributed by atoms with van der Waals surface area (Å²) < 4.78 is 0.975. The van der Waals surface area contributed by atoms with E-state index >= 15 is 0 Å². The monoisotopic (exact) mass is 268 g/mol. The van der Waals surface area contributed by atoms with Crippen LogP contribution in [0.4, 0.5) is 0 Å². The van der Waals surface area contributed by atoms with Crippen molar-refractivity contribution in [2.45, 2.75) is 25.8 Å². The third-order valence-electron chi connectivity index (χ3n) is 2.64. The molecule has 0 N–H and O–H groups in total. The van der Waals surface area contributed by atoms with Gasteiger partial charge in [0.1, 0.15) is 0 Å². The van der Waals surface area contributed by atoms with Crippen LogP contribution in [0.15, 0.2) is 22.9 Å². The molecule has 1 amide bonds. The molecule has 1 saturated heterocycles. The van der Waals surface area contributed by atoms with Gasteiger partial charge >= 0.3 is 0 Å². The van der Waals surface area contributed by atoms with E-state index in [1.807, 2.05) is 11.0 Å². The Labute approximate surface area is 97.6 Å². The molecule has 1 aromatic heterocycles. The minimum absolute atomic E-state index is 0.268. The van der Waals surface area contributed by atoms with E-state index < -0.39 is 0 Å². The Hall–Kier alpha value is -0.900. The average Bonchev–Trinajstić information content (AvgIpc) is 2.24. The summed E-state index contributed by atoms with van der Waals surface area (Å²) in [5.41, 5.74) is 1.13. The maximum atomic E-state index is 11.6. The van der Waals surface area contributed by atoms with Gasteiger partial charge in [-0.1, -0.05) is 0 Å². The number of hydrogen-bond acceptors (Lipinski definition) is 2. The van der Waals surface area contributed by atoms with E-state index in [0.29, 0.717) is 13.0 Å². The fourth-order valence-electron chi connectivity index (χ4n) is 1.77. The highest BCUT2D eigenvalue weighted by molar-refractivity contribution is 9.10. The Kier molecular flexibility index (Phi) is 3.36. The zero-order valence-electron chi connectivity index (χ0n) is 8.45. The maximum Gasteiger partial charge on any atom is 0.222 e. The third kappa shape index (κ3) is 2.56. The molecule has 80 valence electrons. The number of carbonyl (C=O) groups is 1. The van der Waals surface area contributed by atoms with E-state index in [-0.39, 0.29) is 5.91 Å². The SMILES string of the molecule is O=C1CCCCN1Cc1ccncc1Br. The Balaban J connectivity index is 2.08. The summed E-state index contributed by atoms with van der Waals surface area (Å²) in [6, 6.07) is 1.95. The number of nitrogens with zero attached hydrogens (tertiary/aromatic N) is 2. The summed E-state index contributed by atoms with van der Waals surface area (Å²) in [5.74, 6) is 0.268. The fraction of sp³-hybridized carbons (Fsp3) is 0.455. The number of amides is 1. The lowest BCUT2D eigenvalue weighted by atomic mass is 10.1. The van der Waals surface area contributed by atoms with Gasteiger partial charge in [-0.25, -0.2) is 0 Å². The van der Waals surface area contributed by atoms with Crippen LogP contribution in [-0.4, -0.2) is 22.3 Å². The predicted octanol–water partition coefficient (Wildman–Crippen LogP) is 2.36. The zero-order valence-corrected chi connectivity index (χ0v) is 10.0. The third-order valence-corrected chi connectivity index (χ3v) is 3.35. The largest absolute Gasteiger partial charge is 0.338 e. The van der Waals surface area contributed by atoms with Gasteiger partial charge in [0, 0.05) is 36.4 Å². The average molecular weight is 269 g/mol. The Bertz CT molecular complexity index is 367. The van der Waals surface area contributed by atoms with Crippen molar-refractivity contribution in [2.24, 2.45) is 0 Å². The van der Waals surface area contributed by atoms with Crippen molar-refractivity contribution >= 4 is 21.8 Å². The van der Waals surface area contributed by atoms with Crippen LogP contribution in [-0.2, 0) is 11.3 Å². The van der Waals surface area contributed by atoms with Gasteiger partial charge in [-0.15, -0.1) is 0 Å². The molecule has 0 atom stereocenters. The second-order valence-corrected chi connectivity index (χ2v) is 4.59. The molecule has 0 aliphatic carbocycles. The number of likely N-dealkylation sites (tertiary alicyclic amines) is 1. The molecule has 0 bridgehead atoms. The van der Waals surface area contributed by atoms with Crippen LogP contribution in [0.1, 0.15) is 24.8 Å². The second kappa shape index (κ2) is 4.75. The van der Waals surface area contributed by atoms with Crippen molar-refractivity contribution in [3.05, 3.63) is 28.5 Å². The van der Waals surface area contributed by atoms with Gasteiger partial charge in [-0.05, 0) is 40.4 Å². The molecule has 0 radical (unpaired) electrons. The number of carbonyl (C=O) groups excluding carboxylic acids is 1. The molecule has 0 spiro atoms. The summed E-state index contributed by atoms with van der Waals surface area (Å²) in [5, 5.41) is 0. The molecule has 1 aliphatic heterocycles. The standard InChI is InChI=1S/C11H13BrN2O/c12-10-7-13-5-4-9(10)8-14-6-2-1-3-11(14)15/h4-5,7H,1-3,6,8H2. The highest BCUT2D eigenvalue weighted by Crippen LogP contribution is 2.19. The maximum absolute atomic E-state index is 11.6. The summed E-state index contributed by atoms with van der Waals surface area (Å²) in [4.78, 5) is 17.5. The summed E-state index contributed by atoms with van der Waals surface area (Å²) in [7, 11) is 0. The van der Waals surface area contributed by atoms with Crippen molar-refractivity contribution in [2.75, 3.05) is 6.54 Å². The number of rotatable bonds is 2. The summed E-state index contributed by atoms with van der Waals surface area (Å²) in [6.07, 6.45) is 6.38. The smallest absolute Gasteiger partial charge is 0.222 e. The molecule has 15 heavy (non-hydrogen) atoms. The van der Waals surface area contributed by atoms with Crippen molar-refractivity contribution in [3.63, 3.8) is 0 Å². The molecule has 3 nitrogen and oxygen atoms in total. The van der Waals surface area contributed by atoms with Crippen LogP contribution in [0.2, 0.25) is 0 Å². The van der Waals surface area contributed by atoms with Gasteiger partial charge in [-0.3, -0.25) is 9.78 Å². The minimum atomic E-state index is 0.268. The summed E-state index contributed by atoms with van der Waals surface area (Å²) in [6.45, 7) is 1.58. The number of halogens is 1. The molecule has 0 unspecified atom stereocenters. The van der Waals surface area contributed by atoms with Crippen molar-refractivity contribution < 1.29 is 4.79 Å². The number of pyridine rings is 1. The fourth-order valence-corrected chi connectivity index (χ4v) is 2.14. The van der Waals surface area contributed by atoms with Crippen LogP contribution >= 0.6 is 15.9 Å². The molecule has 0 saturated carbocycles. The molecular formula is C11H13BrN2O. The topological polar surface area (TPSA) is 33.2 Å². The molecule has 1 aromatic rings. The first-order valence-electron chi connectivity index (χ1n) is 5.13. The predicted molar refractivity (Wildman–Crippen MR) is 61.2 cm³/mol. The molecular weight excluding hydrogens is 256 g/mol. The van der Waals surface area contributed by atoms with Gasteiger partial charge in [0.05, 0.1) is 0 Å². The highest BCUT2D eigenvalue weighted by Gasteiger charge is 2.18. The van der Waals surface area contributed by atoms with E-state index in [0.717, 1.165) is 29.4 Å². The first kappa shape index (κ1) is 10.6. The van der Waals surface area contributed by atoms with Crippen molar-refractivity contribution in [3.8, 4) is 0 Å². The van der Waals surface area contributed by atoms with E-state index in [9.17, 15) is 4.79 Å². The van der Waals surface area contributed by atoms with Crippen LogP contribution in [0.25, 0.3) is 0 Å². The lowest BCUT2D eigenvalue weighted by molar-refractivity contribution is -0.133. The van der Waals surface area contributed by atoms with E-state index in [1.165, 1.54) is 0 Å². The number of piperidine rings is 1. The molecule has 4 heteroatoms. The molecule has 2 rings (SSSR count). The molecule has 1 aliphatic rings. The Morgan fingerprint density at radius 3 is 3.07 bits per heavy atom. The number of aromatic nitrogens is 1. The van der Waals surface area contributed by atoms with Gasteiger partial charge in [-0.2, -0.15) is 0 Å². The molecule has 2 heterocycles. The Morgan fingerprint density at radius 1 is 1.47 bits per heavy atom. The highest BCUT2D eigenvalue weighted by atomic mass is 79.9. The normalized spacial score (nSPS) is 16.9. The van der Waals surface area contributed by atoms with Gasteiger partial charge < -0.3 is 4.90 Å². The lowest BCUT2D eigenvalue weighted by Gasteiger charge is -2.27. The Morgan fingerprint density at radius 2 is 2.33 bits per heavy atom. The quantitative estimate of drug-likeness (QED) is 0.825. The van der Waals surface area contributed by atoms with Crippen LogP contribution in [0.3, 0.4) is 0 Å². The van der Waals surface area contributed by atoms with Crippen molar-refractivity contribution in [1.29, 1.82) is 0 Å². The van der Waals surface area contributed by atoms with E-state index in [1.54, 1.807) is 12.4 Å². The minimum Gasteiger partial charge on any atom is -0.338 e. The second-order valence-electron chi connectivity index (χ2n) is 3.74. The van der Waals surface area contributed by atoms with Gasteiger partial charge in [0.2, 0.25) is 5.91 Å². The van der Waals surface area contributed by atoms with Gasteiger partial charge in [0.25, 0.3) is 0 Å².